The molecule has 0 aliphatic rings. The van der Waals surface area contributed by atoms with Crippen molar-refractivity contribution in [2.45, 2.75) is 6.42 Å². The number of nitrogens with zero attached hydrogens (tertiary/aromatic N) is 3. The van der Waals surface area contributed by atoms with Crippen LogP contribution in [0.3, 0.4) is 0 Å². The van der Waals surface area contributed by atoms with Crippen LogP contribution in [0.15, 0.2) is 24.1 Å². The highest BCUT2D eigenvalue weighted by Gasteiger charge is 2.03. The van der Waals surface area contributed by atoms with E-state index >= 15 is 0 Å². The molecule has 5 heteroatoms. The second kappa shape index (κ2) is 3.81. The average molecular weight is 212 g/mol. The Labute approximate surface area is 84.5 Å². The first kappa shape index (κ1) is 8.59. The van der Waals surface area contributed by atoms with E-state index in [1.807, 2.05) is 5.38 Å². The van der Waals surface area contributed by atoms with Crippen molar-refractivity contribution in [3.8, 4) is 0 Å². The Morgan fingerprint density at radius 1 is 1.38 bits per heavy atom. The van der Waals surface area contributed by atoms with Crippen molar-refractivity contribution in [2.24, 2.45) is 0 Å². The third kappa shape index (κ3) is 2.02. The van der Waals surface area contributed by atoms with Crippen LogP contribution in [-0.4, -0.2) is 15.0 Å². The second-order valence-electron chi connectivity index (χ2n) is 2.42. The molecule has 0 bridgehead atoms. The normalized spacial score (nSPS) is 10.2. The van der Waals surface area contributed by atoms with Gasteiger partial charge < -0.3 is 0 Å². The molecule has 0 radical (unpaired) electrons. The lowest BCUT2D eigenvalue weighted by Crippen LogP contribution is -1.93. The van der Waals surface area contributed by atoms with E-state index < -0.39 is 0 Å². The molecule has 0 aliphatic heterocycles. The molecule has 2 aromatic heterocycles. The van der Waals surface area contributed by atoms with Gasteiger partial charge in [-0.05, 0) is 0 Å². The van der Waals surface area contributed by atoms with E-state index in [1.54, 1.807) is 23.7 Å². The molecule has 0 spiro atoms. The Bertz CT molecular complexity index is 388. The molecule has 66 valence electrons. The van der Waals surface area contributed by atoms with E-state index in [-0.39, 0.29) is 0 Å². The molecule has 0 atom stereocenters. The maximum Gasteiger partial charge on any atom is 0.115 e. The van der Waals surface area contributed by atoms with Gasteiger partial charge in [0.1, 0.15) is 6.33 Å². The quantitative estimate of drug-likeness (QED) is 0.764. The lowest BCUT2D eigenvalue weighted by atomic mass is 10.3. The fourth-order valence-corrected chi connectivity index (χ4v) is 1.74. The largest absolute Gasteiger partial charge is 0.249 e. The predicted molar refractivity (Wildman–Crippen MR) is 52.0 cm³/mol. The van der Waals surface area contributed by atoms with Crippen LogP contribution in [0, 0.1) is 0 Å². The molecule has 0 fully saturated rings. The lowest BCUT2D eigenvalue weighted by Gasteiger charge is -1.97. The number of aromatic nitrogens is 3. The standard InChI is InChI=1S/C8H6ClN3S/c9-6-4-10-5-12-7(6)3-8-11-1-2-13-8/h1-2,4-5H,3H2. The minimum absolute atomic E-state index is 0.595. The van der Waals surface area contributed by atoms with Crippen molar-refractivity contribution in [3.05, 3.63) is 39.8 Å². The SMILES string of the molecule is Clc1cncnc1Cc1nccs1. The van der Waals surface area contributed by atoms with Gasteiger partial charge in [-0.2, -0.15) is 0 Å². The number of hydrogen-bond donors (Lipinski definition) is 0. The molecule has 3 nitrogen and oxygen atoms in total. The molecular formula is C8H6ClN3S. The fourth-order valence-electron chi connectivity index (χ4n) is 0.952. The van der Waals surface area contributed by atoms with Crippen LogP contribution < -0.4 is 0 Å². The molecule has 0 saturated heterocycles. The van der Waals surface area contributed by atoms with E-state index in [9.17, 15) is 0 Å². The van der Waals surface area contributed by atoms with Gasteiger partial charge in [0.2, 0.25) is 0 Å². The Kier molecular flexibility index (Phi) is 2.52. The van der Waals surface area contributed by atoms with Gasteiger partial charge in [0, 0.05) is 24.2 Å². The summed E-state index contributed by atoms with van der Waals surface area (Å²) in [6.07, 6.45) is 5.54. The van der Waals surface area contributed by atoms with Crippen molar-refractivity contribution < 1.29 is 0 Å². The zero-order valence-corrected chi connectivity index (χ0v) is 8.22. The summed E-state index contributed by atoms with van der Waals surface area (Å²) in [5.41, 5.74) is 0.826. The summed E-state index contributed by atoms with van der Waals surface area (Å²) in [5, 5.41) is 3.54. The van der Waals surface area contributed by atoms with Crippen molar-refractivity contribution in [3.63, 3.8) is 0 Å². The number of halogens is 1. The van der Waals surface area contributed by atoms with Crippen LogP contribution in [0.4, 0.5) is 0 Å². The highest BCUT2D eigenvalue weighted by atomic mass is 35.5. The second-order valence-corrected chi connectivity index (χ2v) is 3.81. The van der Waals surface area contributed by atoms with Crippen molar-refractivity contribution in [2.75, 3.05) is 0 Å². The van der Waals surface area contributed by atoms with Gasteiger partial charge in [0.05, 0.1) is 15.7 Å². The fraction of sp³-hybridized carbons (Fsp3) is 0.125. The van der Waals surface area contributed by atoms with E-state index in [1.165, 1.54) is 6.33 Å². The Balaban J connectivity index is 2.24. The third-order valence-corrected chi connectivity index (χ3v) is 2.64. The Morgan fingerprint density at radius 2 is 2.31 bits per heavy atom. The first-order chi connectivity index (χ1) is 6.36. The van der Waals surface area contributed by atoms with E-state index in [4.69, 9.17) is 11.6 Å². The van der Waals surface area contributed by atoms with Crippen LogP contribution in [0.25, 0.3) is 0 Å². The molecule has 2 heterocycles. The molecular weight excluding hydrogens is 206 g/mol. The number of rotatable bonds is 2. The zero-order chi connectivity index (χ0) is 9.10. The number of thiazole rings is 1. The summed E-state index contributed by atoms with van der Waals surface area (Å²) in [5.74, 6) is 0. The summed E-state index contributed by atoms with van der Waals surface area (Å²) in [7, 11) is 0. The van der Waals surface area contributed by atoms with Gasteiger partial charge in [-0.15, -0.1) is 11.3 Å². The van der Waals surface area contributed by atoms with Crippen LogP contribution in [0.5, 0.6) is 0 Å². The summed E-state index contributed by atoms with van der Waals surface area (Å²) in [6.45, 7) is 0. The van der Waals surface area contributed by atoms with Crippen molar-refractivity contribution in [1.29, 1.82) is 0 Å². The molecule has 13 heavy (non-hydrogen) atoms. The van der Waals surface area contributed by atoms with Gasteiger partial charge >= 0.3 is 0 Å². The van der Waals surface area contributed by atoms with Gasteiger partial charge in [-0.1, -0.05) is 11.6 Å². The van der Waals surface area contributed by atoms with Crippen LogP contribution in [0.2, 0.25) is 5.02 Å². The average Bonchev–Trinajstić information content (AvgIpc) is 2.61. The molecule has 2 aromatic rings. The van der Waals surface area contributed by atoms with Crippen molar-refractivity contribution in [1.82, 2.24) is 15.0 Å². The van der Waals surface area contributed by atoms with Gasteiger partial charge in [-0.25, -0.2) is 15.0 Å². The monoisotopic (exact) mass is 211 g/mol. The van der Waals surface area contributed by atoms with Crippen LogP contribution in [0.1, 0.15) is 10.7 Å². The smallest absolute Gasteiger partial charge is 0.115 e. The molecule has 0 unspecified atom stereocenters. The van der Waals surface area contributed by atoms with Crippen LogP contribution >= 0.6 is 22.9 Å². The topological polar surface area (TPSA) is 38.7 Å². The molecule has 2 rings (SSSR count). The highest BCUT2D eigenvalue weighted by molar-refractivity contribution is 7.09. The Morgan fingerprint density at radius 3 is 3.00 bits per heavy atom. The minimum Gasteiger partial charge on any atom is -0.249 e. The third-order valence-electron chi connectivity index (χ3n) is 1.55. The molecule has 0 aliphatic carbocycles. The highest BCUT2D eigenvalue weighted by Crippen LogP contribution is 2.16. The predicted octanol–water partition coefficient (Wildman–Crippen LogP) is 2.18. The van der Waals surface area contributed by atoms with Gasteiger partial charge in [0.25, 0.3) is 0 Å². The van der Waals surface area contributed by atoms with Gasteiger partial charge in [0.15, 0.2) is 0 Å². The molecule has 0 aromatic carbocycles. The van der Waals surface area contributed by atoms with E-state index in [2.05, 4.69) is 15.0 Å². The summed E-state index contributed by atoms with van der Waals surface area (Å²) < 4.78 is 0. The minimum atomic E-state index is 0.595. The van der Waals surface area contributed by atoms with Crippen LogP contribution in [-0.2, 0) is 6.42 Å². The molecule has 0 saturated carbocycles. The van der Waals surface area contributed by atoms with E-state index in [0.717, 1.165) is 10.7 Å². The Hall–Kier alpha value is -1.000. The summed E-state index contributed by atoms with van der Waals surface area (Å²) >= 11 is 7.49. The van der Waals surface area contributed by atoms with E-state index in [0.29, 0.717) is 11.4 Å². The maximum atomic E-state index is 5.89. The molecule has 0 N–H and O–H groups in total. The first-order valence-electron chi connectivity index (χ1n) is 3.69. The summed E-state index contributed by atoms with van der Waals surface area (Å²) in [4.78, 5) is 12.0. The first-order valence-corrected chi connectivity index (χ1v) is 4.95. The van der Waals surface area contributed by atoms with Gasteiger partial charge in [-0.3, -0.25) is 0 Å². The molecule has 0 amide bonds. The lowest BCUT2D eigenvalue weighted by molar-refractivity contribution is 1.01. The van der Waals surface area contributed by atoms with Crippen molar-refractivity contribution >= 4 is 22.9 Å². The zero-order valence-electron chi connectivity index (χ0n) is 6.64. The number of hydrogen-bond acceptors (Lipinski definition) is 4. The summed E-state index contributed by atoms with van der Waals surface area (Å²) in [6, 6.07) is 0. The maximum absolute atomic E-state index is 5.89.